The van der Waals surface area contributed by atoms with E-state index in [1.54, 1.807) is 0 Å². The van der Waals surface area contributed by atoms with Crippen molar-refractivity contribution >= 4 is 40.5 Å². The highest BCUT2D eigenvalue weighted by Gasteiger charge is 2.30. The molecule has 0 atom stereocenters. The smallest absolute Gasteiger partial charge is 0.326 e. The first-order chi connectivity index (χ1) is 14.0. The first-order valence-electron chi connectivity index (χ1n) is 8.22. The molecule has 0 saturated carbocycles. The predicted octanol–water partition coefficient (Wildman–Crippen LogP) is 4.40. The Morgan fingerprint density at radius 2 is 1.90 bits per heavy atom. The van der Waals surface area contributed by atoms with E-state index in [2.05, 4.69) is 15.8 Å². The lowest BCUT2D eigenvalue weighted by molar-refractivity contribution is -0.384. The Labute approximate surface area is 172 Å². The fourth-order valence-corrected chi connectivity index (χ4v) is 2.51. The van der Waals surface area contributed by atoms with Crippen molar-refractivity contribution in [2.45, 2.75) is 19.5 Å². The van der Waals surface area contributed by atoms with Crippen LogP contribution in [0.15, 0.2) is 47.6 Å². The Balaban J connectivity index is 1.96. The summed E-state index contributed by atoms with van der Waals surface area (Å²) in [5, 5.41) is 16.5. The largest absolute Gasteiger partial charge is 0.416 e. The van der Waals surface area contributed by atoms with Gasteiger partial charge in [0.05, 0.1) is 16.9 Å². The standard InChI is InChI=1S/C18H14ClF3N4O4/c1-10(7-16(27)23-13-4-2-3-12(9-13)18(20,21)22)24-25-17(28)11-5-6-15(26(29)30)14(19)8-11/h2-6,8-9H,7H2,1H3,(H,23,27)(H,25,28). The Bertz CT molecular complexity index is 1020. The number of nitrogens with one attached hydrogen (secondary N) is 2. The van der Waals surface area contributed by atoms with Gasteiger partial charge >= 0.3 is 6.18 Å². The number of halogens is 4. The Hall–Kier alpha value is -3.47. The highest BCUT2D eigenvalue weighted by molar-refractivity contribution is 6.33. The van der Waals surface area contributed by atoms with Gasteiger partial charge in [0.25, 0.3) is 11.6 Å². The Kier molecular flexibility index (Phi) is 7.11. The third-order valence-corrected chi connectivity index (χ3v) is 3.95. The zero-order valence-electron chi connectivity index (χ0n) is 15.3. The zero-order chi connectivity index (χ0) is 22.5. The SMILES string of the molecule is CC(CC(=O)Nc1cccc(C(F)(F)F)c1)=NNC(=O)c1ccc([N+](=O)[O-])c(Cl)c1. The molecule has 8 nitrogen and oxygen atoms in total. The number of nitrogens with zero attached hydrogens (tertiary/aromatic N) is 2. The quantitative estimate of drug-likeness (QED) is 0.392. The highest BCUT2D eigenvalue weighted by Crippen LogP contribution is 2.30. The first kappa shape index (κ1) is 22.8. The molecule has 0 aliphatic heterocycles. The molecule has 2 aromatic rings. The van der Waals surface area contributed by atoms with Gasteiger partial charge in [-0.25, -0.2) is 5.43 Å². The molecule has 0 spiro atoms. The van der Waals surface area contributed by atoms with Crippen LogP contribution in [0, 0.1) is 10.1 Å². The molecule has 0 aliphatic carbocycles. The van der Waals surface area contributed by atoms with Gasteiger partial charge in [0.15, 0.2) is 0 Å². The number of rotatable bonds is 6. The molecule has 0 aliphatic rings. The third-order valence-electron chi connectivity index (χ3n) is 3.64. The van der Waals surface area contributed by atoms with Crippen molar-refractivity contribution in [1.82, 2.24) is 5.43 Å². The van der Waals surface area contributed by atoms with Gasteiger partial charge in [-0.2, -0.15) is 18.3 Å². The molecule has 2 aromatic carbocycles. The van der Waals surface area contributed by atoms with Gasteiger partial charge in [-0.15, -0.1) is 0 Å². The van der Waals surface area contributed by atoms with E-state index in [4.69, 9.17) is 11.6 Å². The average molecular weight is 443 g/mol. The van der Waals surface area contributed by atoms with Gasteiger partial charge in [-0.3, -0.25) is 19.7 Å². The highest BCUT2D eigenvalue weighted by atomic mass is 35.5. The van der Waals surface area contributed by atoms with Crippen LogP contribution in [0.3, 0.4) is 0 Å². The van der Waals surface area contributed by atoms with Crippen molar-refractivity contribution in [3.05, 3.63) is 68.7 Å². The summed E-state index contributed by atoms with van der Waals surface area (Å²) in [6, 6.07) is 7.49. The summed E-state index contributed by atoms with van der Waals surface area (Å²) in [5.41, 5.74) is 1.04. The molecule has 30 heavy (non-hydrogen) atoms. The van der Waals surface area contributed by atoms with Crippen LogP contribution in [0.5, 0.6) is 0 Å². The normalized spacial score (nSPS) is 11.7. The summed E-state index contributed by atoms with van der Waals surface area (Å²) in [4.78, 5) is 34.0. The van der Waals surface area contributed by atoms with Crippen molar-refractivity contribution in [1.29, 1.82) is 0 Å². The number of nitro groups is 1. The molecule has 0 aromatic heterocycles. The fraction of sp³-hybridized carbons (Fsp3) is 0.167. The maximum atomic E-state index is 12.7. The number of benzene rings is 2. The van der Waals surface area contributed by atoms with E-state index in [-0.39, 0.29) is 34.1 Å². The van der Waals surface area contributed by atoms with Gasteiger partial charge < -0.3 is 5.32 Å². The lowest BCUT2D eigenvalue weighted by Gasteiger charge is -2.10. The number of nitro benzene ring substituents is 1. The zero-order valence-corrected chi connectivity index (χ0v) is 16.0. The van der Waals surface area contributed by atoms with Crippen LogP contribution in [0.1, 0.15) is 29.3 Å². The van der Waals surface area contributed by atoms with E-state index in [1.807, 2.05) is 0 Å². The summed E-state index contributed by atoms with van der Waals surface area (Å²) >= 11 is 5.74. The van der Waals surface area contributed by atoms with Gasteiger partial charge in [-0.1, -0.05) is 17.7 Å². The summed E-state index contributed by atoms with van der Waals surface area (Å²) in [6.07, 6.45) is -4.83. The molecular formula is C18H14ClF3N4O4. The molecule has 0 unspecified atom stereocenters. The fourth-order valence-electron chi connectivity index (χ4n) is 2.26. The number of carbonyl (C=O) groups excluding carboxylic acids is 2. The summed E-state index contributed by atoms with van der Waals surface area (Å²) in [6.45, 7) is 1.43. The van der Waals surface area contributed by atoms with E-state index in [1.165, 1.54) is 19.1 Å². The van der Waals surface area contributed by atoms with Crippen LogP contribution < -0.4 is 10.7 Å². The molecule has 2 rings (SSSR count). The minimum atomic E-state index is -4.54. The molecule has 158 valence electrons. The van der Waals surface area contributed by atoms with Gasteiger partial charge in [0, 0.05) is 23.0 Å². The lowest BCUT2D eigenvalue weighted by Crippen LogP contribution is -2.21. The number of carbonyl (C=O) groups is 2. The molecule has 0 fully saturated rings. The molecule has 2 amide bonds. The minimum Gasteiger partial charge on any atom is -0.326 e. The van der Waals surface area contributed by atoms with E-state index in [0.717, 1.165) is 30.3 Å². The van der Waals surface area contributed by atoms with Crippen molar-refractivity contribution in [3.63, 3.8) is 0 Å². The summed E-state index contributed by atoms with van der Waals surface area (Å²) in [5.74, 6) is -1.35. The van der Waals surface area contributed by atoms with E-state index < -0.39 is 28.5 Å². The van der Waals surface area contributed by atoms with Gasteiger partial charge in [-0.05, 0) is 37.3 Å². The van der Waals surface area contributed by atoms with E-state index in [9.17, 15) is 32.9 Å². The van der Waals surface area contributed by atoms with E-state index >= 15 is 0 Å². The number of anilines is 1. The van der Waals surface area contributed by atoms with Crippen LogP contribution in [-0.4, -0.2) is 22.4 Å². The van der Waals surface area contributed by atoms with Gasteiger partial charge in [0.2, 0.25) is 5.91 Å². The minimum absolute atomic E-state index is 0.00978. The second-order valence-corrected chi connectivity index (χ2v) is 6.42. The van der Waals surface area contributed by atoms with Crippen LogP contribution in [-0.2, 0) is 11.0 Å². The molecule has 0 radical (unpaired) electrons. The molecule has 2 N–H and O–H groups in total. The van der Waals surface area contributed by atoms with Crippen molar-refractivity contribution < 1.29 is 27.7 Å². The van der Waals surface area contributed by atoms with Crippen LogP contribution in [0.25, 0.3) is 0 Å². The predicted molar refractivity (Wildman–Crippen MR) is 103 cm³/mol. The van der Waals surface area contributed by atoms with Gasteiger partial charge in [0.1, 0.15) is 5.02 Å². The van der Waals surface area contributed by atoms with Crippen molar-refractivity contribution in [2.75, 3.05) is 5.32 Å². The second kappa shape index (κ2) is 9.35. The molecule has 0 heterocycles. The molecular weight excluding hydrogens is 429 g/mol. The van der Waals surface area contributed by atoms with Crippen molar-refractivity contribution in [2.24, 2.45) is 5.10 Å². The monoisotopic (exact) mass is 442 g/mol. The second-order valence-electron chi connectivity index (χ2n) is 6.01. The number of alkyl halides is 3. The number of hydrogen-bond donors (Lipinski definition) is 2. The molecule has 0 saturated heterocycles. The summed E-state index contributed by atoms with van der Waals surface area (Å²) < 4.78 is 38.1. The molecule has 12 heteroatoms. The maximum absolute atomic E-state index is 12.7. The topological polar surface area (TPSA) is 114 Å². The lowest BCUT2D eigenvalue weighted by atomic mass is 10.2. The average Bonchev–Trinajstić information content (AvgIpc) is 2.65. The first-order valence-corrected chi connectivity index (χ1v) is 8.59. The van der Waals surface area contributed by atoms with E-state index in [0.29, 0.717) is 0 Å². The molecule has 0 bridgehead atoms. The number of amides is 2. The number of hydrazone groups is 1. The van der Waals surface area contributed by atoms with Crippen molar-refractivity contribution in [3.8, 4) is 0 Å². The third kappa shape index (κ3) is 6.27. The van der Waals surface area contributed by atoms with Crippen LogP contribution in [0.2, 0.25) is 5.02 Å². The Morgan fingerprint density at radius 3 is 2.50 bits per heavy atom. The van der Waals surface area contributed by atoms with Crippen LogP contribution in [0.4, 0.5) is 24.5 Å². The Morgan fingerprint density at radius 1 is 1.20 bits per heavy atom. The number of hydrogen-bond acceptors (Lipinski definition) is 5. The van der Waals surface area contributed by atoms with Crippen LogP contribution >= 0.6 is 11.6 Å². The maximum Gasteiger partial charge on any atom is 0.416 e. The summed E-state index contributed by atoms with van der Waals surface area (Å²) in [7, 11) is 0.